The topological polar surface area (TPSA) is 75.1 Å². The summed E-state index contributed by atoms with van der Waals surface area (Å²) in [5, 5.41) is 15.2. The Labute approximate surface area is 167 Å². The molecule has 142 valence electrons. The fourth-order valence-electron chi connectivity index (χ4n) is 2.57. The van der Waals surface area contributed by atoms with E-state index in [0.29, 0.717) is 25.7 Å². The Morgan fingerprint density at radius 2 is 2.24 bits per heavy atom. The molecular weight excluding hydrogens is 433 g/mol. The Balaban J connectivity index is 0.00000312. The van der Waals surface area contributed by atoms with E-state index in [1.165, 1.54) is 0 Å². The van der Waals surface area contributed by atoms with Crippen molar-refractivity contribution in [2.45, 2.75) is 39.3 Å². The van der Waals surface area contributed by atoms with Crippen LogP contribution in [0.15, 0.2) is 23.2 Å². The molecule has 1 aliphatic heterocycles. The van der Waals surface area contributed by atoms with E-state index in [0.717, 1.165) is 42.9 Å². The second kappa shape index (κ2) is 12.3. The minimum absolute atomic E-state index is 0. The molecule has 1 unspecified atom stereocenters. The number of nitrogens with zero attached hydrogens (tertiary/aromatic N) is 1. The smallest absolute Gasteiger partial charge is 0.191 e. The summed E-state index contributed by atoms with van der Waals surface area (Å²) in [5.41, 5.74) is 2.20. The molecule has 0 amide bonds. The van der Waals surface area contributed by atoms with Gasteiger partial charge in [-0.15, -0.1) is 24.0 Å². The molecule has 1 saturated heterocycles. The fraction of sp³-hybridized carbons (Fsp3) is 0.611. The molecule has 1 aliphatic rings. The van der Waals surface area contributed by atoms with E-state index in [1.54, 1.807) is 0 Å². The monoisotopic (exact) mass is 463 g/mol. The minimum atomic E-state index is 0. The maximum absolute atomic E-state index is 8.94. The van der Waals surface area contributed by atoms with E-state index in [-0.39, 0.29) is 36.7 Å². The Bertz CT molecular complexity index is 534. The molecule has 2 rings (SSSR count). The molecule has 0 bridgehead atoms. The van der Waals surface area contributed by atoms with E-state index in [1.807, 2.05) is 13.0 Å². The molecule has 1 atom stereocenters. The van der Waals surface area contributed by atoms with Gasteiger partial charge in [0.2, 0.25) is 0 Å². The molecule has 0 saturated carbocycles. The van der Waals surface area contributed by atoms with Crippen LogP contribution in [0.1, 0.15) is 30.9 Å². The first-order valence-electron chi connectivity index (χ1n) is 8.70. The Kier molecular flexibility index (Phi) is 10.8. The number of hydrogen-bond acceptors (Lipinski definition) is 4. The summed E-state index contributed by atoms with van der Waals surface area (Å²) in [5.74, 6) is 1.56. The fourth-order valence-corrected chi connectivity index (χ4v) is 2.57. The van der Waals surface area contributed by atoms with E-state index < -0.39 is 0 Å². The van der Waals surface area contributed by atoms with Crippen LogP contribution in [0.25, 0.3) is 0 Å². The zero-order valence-electron chi connectivity index (χ0n) is 15.1. The third-order valence-corrected chi connectivity index (χ3v) is 3.83. The van der Waals surface area contributed by atoms with Crippen LogP contribution in [-0.2, 0) is 11.3 Å². The van der Waals surface area contributed by atoms with Crippen LogP contribution < -0.4 is 15.4 Å². The van der Waals surface area contributed by atoms with Crippen LogP contribution in [0.5, 0.6) is 5.75 Å². The number of nitrogens with one attached hydrogen (secondary N) is 2. The van der Waals surface area contributed by atoms with E-state index in [4.69, 9.17) is 14.6 Å². The number of hydrogen-bond donors (Lipinski definition) is 3. The predicted octanol–water partition coefficient (Wildman–Crippen LogP) is 2.22. The van der Waals surface area contributed by atoms with E-state index in [2.05, 4.69) is 34.7 Å². The van der Waals surface area contributed by atoms with Crippen LogP contribution in [0.3, 0.4) is 0 Å². The van der Waals surface area contributed by atoms with Gasteiger partial charge in [0.1, 0.15) is 12.4 Å². The Hall–Kier alpha value is -1.06. The molecule has 1 heterocycles. The van der Waals surface area contributed by atoms with Crippen LogP contribution in [0.4, 0.5) is 0 Å². The van der Waals surface area contributed by atoms with Gasteiger partial charge in [-0.05, 0) is 38.3 Å². The molecule has 1 aromatic carbocycles. The van der Waals surface area contributed by atoms with Crippen molar-refractivity contribution in [3.8, 4) is 5.75 Å². The number of aryl methyl sites for hydroxylation is 1. The van der Waals surface area contributed by atoms with Gasteiger partial charge in [0, 0.05) is 25.3 Å². The second-order valence-electron chi connectivity index (χ2n) is 5.90. The summed E-state index contributed by atoms with van der Waals surface area (Å²) in [6.45, 7) is 7.32. The highest BCUT2D eigenvalue weighted by atomic mass is 127. The first-order chi connectivity index (χ1) is 11.7. The van der Waals surface area contributed by atoms with Gasteiger partial charge in [-0.2, -0.15) is 0 Å². The molecule has 0 spiro atoms. The van der Waals surface area contributed by atoms with Crippen molar-refractivity contribution in [1.29, 1.82) is 0 Å². The van der Waals surface area contributed by atoms with Crippen LogP contribution >= 0.6 is 24.0 Å². The minimum Gasteiger partial charge on any atom is -0.491 e. The number of aliphatic hydroxyl groups excluding tert-OH is 1. The van der Waals surface area contributed by atoms with Crippen LogP contribution in [0.2, 0.25) is 0 Å². The third-order valence-electron chi connectivity index (χ3n) is 3.83. The average Bonchev–Trinajstić information content (AvgIpc) is 3.10. The summed E-state index contributed by atoms with van der Waals surface area (Å²) >= 11 is 0. The number of halogens is 1. The van der Waals surface area contributed by atoms with Gasteiger partial charge in [-0.3, -0.25) is 0 Å². The van der Waals surface area contributed by atoms with Crippen molar-refractivity contribution in [3.05, 3.63) is 29.3 Å². The number of benzene rings is 1. The van der Waals surface area contributed by atoms with Crippen molar-refractivity contribution in [2.75, 3.05) is 32.9 Å². The maximum Gasteiger partial charge on any atom is 0.191 e. The number of aliphatic imine (C=N–C) groups is 1. The number of rotatable bonds is 8. The molecule has 0 radical (unpaired) electrons. The summed E-state index contributed by atoms with van der Waals surface area (Å²) in [4.78, 5) is 4.56. The quantitative estimate of drug-likeness (QED) is 0.313. The molecule has 1 fully saturated rings. The standard InChI is InChI=1S/C18H29N3O3.HI/c1-3-19-18(20-8-9-22)21-12-15-7-6-14(2)11-17(15)24-13-16-5-4-10-23-16;/h6-7,11,16,22H,3-5,8-10,12-13H2,1-2H3,(H2,19,20,21);1H. The Morgan fingerprint density at radius 3 is 2.92 bits per heavy atom. The van der Waals surface area contributed by atoms with Crippen LogP contribution in [0, 0.1) is 6.92 Å². The zero-order valence-corrected chi connectivity index (χ0v) is 17.4. The largest absolute Gasteiger partial charge is 0.491 e. The molecular formula is C18H30IN3O3. The van der Waals surface area contributed by atoms with Gasteiger partial charge in [0.15, 0.2) is 5.96 Å². The third kappa shape index (κ3) is 7.79. The van der Waals surface area contributed by atoms with Gasteiger partial charge in [0.05, 0.1) is 19.3 Å². The molecule has 0 aliphatic carbocycles. The van der Waals surface area contributed by atoms with Crippen molar-refractivity contribution in [1.82, 2.24) is 10.6 Å². The average molecular weight is 463 g/mol. The van der Waals surface area contributed by atoms with Crippen molar-refractivity contribution >= 4 is 29.9 Å². The zero-order chi connectivity index (χ0) is 17.2. The first-order valence-corrected chi connectivity index (χ1v) is 8.70. The van der Waals surface area contributed by atoms with Gasteiger partial charge in [0.25, 0.3) is 0 Å². The van der Waals surface area contributed by atoms with E-state index in [9.17, 15) is 0 Å². The second-order valence-corrected chi connectivity index (χ2v) is 5.90. The number of guanidine groups is 1. The van der Waals surface area contributed by atoms with Crippen molar-refractivity contribution in [2.24, 2.45) is 4.99 Å². The highest BCUT2D eigenvalue weighted by molar-refractivity contribution is 14.0. The summed E-state index contributed by atoms with van der Waals surface area (Å²) in [6.07, 6.45) is 2.38. The molecule has 7 heteroatoms. The molecule has 0 aromatic heterocycles. The Morgan fingerprint density at radius 1 is 1.40 bits per heavy atom. The van der Waals surface area contributed by atoms with Crippen molar-refractivity contribution in [3.63, 3.8) is 0 Å². The van der Waals surface area contributed by atoms with Gasteiger partial charge >= 0.3 is 0 Å². The highest BCUT2D eigenvalue weighted by Gasteiger charge is 2.16. The lowest BCUT2D eigenvalue weighted by molar-refractivity contribution is 0.0676. The number of ether oxygens (including phenoxy) is 2. The highest BCUT2D eigenvalue weighted by Crippen LogP contribution is 2.23. The maximum atomic E-state index is 8.94. The molecule has 1 aromatic rings. The van der Waals surface area contributed by atoms with Crippen LogP contribution in [-0.4, -0.2) is 50.1 Å². The SMILES string of the molecule is CCNC(=NCc1ccc(C)cc1OCC1CCCO1)NCCO.I. The lowest BCUT2D eigenvalue weighted by atomic mass is 10.1. The first kappa shape index (κ1) is 22.0. The van der Waals surface area contributed by atoms with Gasteiger partial charge in [-0.1, -0.05) is 12.1 Å². The van der Waals surface area contributed by atoms with Gasteiger partial charge < -0.3 is 25.2 Å². The molecule has 3 N–H and O–H groups in total. The predicted molar refractivity (Wildman–Crippen MR) is 111 cm³/mol. The lowest BCUT2D eigenvalue weighted by Gasteiger charge is -2.15. The summed E-state index contributed by atoms with van der Waals surface area (Å²) < 4.78 is 11.6. The van der Waals surface area contributed by atoms with Crippen molar-refractivity contribution < 1.29 is 14.6 Å². The number of aliphatic hydroxyl groups is 1. The van der Waals surface area contributed by atoms with Gasteiger partial charge in [-0.25, -0.2) is 4.99 Å². The van der Waals surface area contributed by atoms with E-state index >= 15 is 0 Å². The lowest BCUT2D eigenvalue weighted by Crippen LogP contribution is -2.38. The summed E-state index contributed by atoms with van der Waals surface area (Å²) in [7, 11) is 0. The summed E-state index contributed by atoms with van der Waals surface area (Å²) in [6, 6.07) is 6.17. The molecule has 25 heavy (non-hydrogen) atoms. The molecule has 6 nitrogen and oxygen atoms in total. The normalized spacial score (nSPS) is 17.1.